The zero-order valence-electron chi connectivity index (χ0n) is 10.4. The Kier molecular flexibility index (Phi) is 2.88. The van der Waals surface area contributed by atoms with E-state index in [-0.39, 0.29) is 29.6 Å². The van der Waals surface area contributed by atoms with Gasteiger partial charge >= 0.3 is 11.9 Å². The minimum Gasteiger partial charge on any atom is -0.469 e. The molecule has 0 radical (unpaired) electrons. The van der Waals surface area contributed by atoms with E-state index < -0.39 is 11.5 Å². The van der Waals surface area contributed by atoms with Crippen molar-refractivity contribution >= 4 is 17.8 Å². The molecule has 4 atom stereocenters. The molecule has 6 heteroatoms. The zero-order valence-corrected chi connectivity index (χ0v) is 10.4. The fourth-order valence-electron chi connectivity index (χ4n) is 2.81. The Morgan fingerprint density at radius 3 is 2.39 bits per heavy atom. The molecular formula is C12H15NO5. The minimum atomic E-state index is -1.23. The van der Waals surface area contributed by atoms with Crippen molar-refractivity contribution in [3.63, 3.8) is 0 Å². The molecule has 1 fully saturated rings. The van der Waals surface area contributed by atoms with Crippen molar-refractivity contribution < 1.29 is 23.9 Å². The van der Waals surface area contributed by atoms with Crippen molar-refractivity contribution in [2.75, 3.05) is 14.2 Å². The summed E-state index contributed by atoms with van der Waals surface area (Å²) < 4.78 is 9.42. The van der Waals surface area contributed by atoms with E-state index in [4.69, 9.17) is 4.74 Å². The first-order valence-corrected chi connectivity index (χ1v) is 5.62. The summed E-state index contributed by atoms with van der Waals surface area (Å²) in [5.41, 5.74) is -1.23. The van der Waals surface area contributed by atoms with Gasteiger partial charge in [0, 0.05) is 12.8 Å². The van der Waals surface area contributed by atoms with Crippen LogP contribution < -0.4 is 5.32 Å². The lowest BCUT2D eigenvalue weighted by atomic mass is 9.93. The third-order valence-corrected chi connectivity index (χ3v) is 3.56. The fourth-order valence-corrected chi connectivity index (χ4v) is 2.81. The molecule has 18 heavy (non-hydrogen) atoms. The van der Waals surface area contributed by atoms with Crippen molar-refractivity contribution in [3.8, 4) is 0 Å². The number of allylic oxidation sites excluding steroid dienone is 1. The van der Waals surface area contributed by atoms with Crippen molar-refractivity contribution in [3.05, 3.63) is 12.2 Å². The zero-order chi connectivity index (χ0) is 13.5. The summed E-state index contributed by atoms with van der Waals surface area (Å²) in [6.45, 7) is 1.32. The summed E-state index contributed by atoms with van der Waals surface area (Å²) in [5.74, 6) is -2.03. The average Bonchev–Trinajstić information content (AvgIpc) is 2.97. The highest BCUT2D eigenvalue weighted by atomic mass is 16.5. The Hall–Kier alpha value is -1.85. The molecule has 1 N–H and O–H groups in total. The number of esters is 2. The summed E-state index contributed by atoms with van der Waals surface area (Å²) in [6, 6.07) is 0. The second kappa shape index (κ2) is 4.12. The highest BCUT2D eigenvalue weighted by Gasteiger charge is 2.70. The topological polar surface area (TPSA) is 81.7 Å². The van der Waals surface area contributed by atoms with Crippen LogP contribution in [-0.4, -0.2) is 37.6 Å². The number of ether oxygens (including phenoxy) is 2. The number of methoxy groups -OCH3 is 2. The molecule has 0 heterocycles. The summed E-state index contributed by atoms with van der Waals surface area (Å²) in [6.07, 6.45) is 3.37. The maximum atomic E-state index is 11.9. The largest absolute Gasteiger partial charge is 0.469 e. The first kappa shape index (κ1) is 12.6. The van der Waals surface area contributed by atoms with Gasteiger partial charge in [0.25, 0.3) is 0 Å². The van der Waals surface area contributed by atoms with Crippen LogP contribution in [0.15, 0.2) is 12.2 Å². The van der Waals surface area contributed by atoms with E-state index in [0.29, 0.717) is 0 Å². The van der Waals surface area contributed by atoms with E-state index in [0.717, 1.165) is 0 Å². The third-order valence-electron chi connectivity index (χ3n) is 3.56. The molecule has 0 aromatic heterocycles. The summed E-state index contributed by atoms with van der Waals surface area (Å²) >= 11 is 0. The number of nitrogens with one attached hydrogen (secondary N) is 1. The molecule has 0 bridgehead atoms. The smallest absolute Gasteiger partial charge is 0.336 e. The van der Waals surface area contributed by atoms with Gasteiger partial charge in [-0.15, -0.1) is 0 Å². The molecule has 0 aliphatic heterocycles. The maximum Gasteiger partial charge on any atom is 0.336 e. The van der Waals surface area contributed by atoms with Crippen molar-refractivity contribution in [1.29, 1.82) is 0 Å². The molecule has 0 unspecified atom stereocenters. The molecular weight excluding hydrogens is 238 g/mol. The van der Waals surface area contributed by atoms with Gasteiger partial charge in [0.05, 0.1) is 20.1 Å². The molecule has 2 aliphatic carbocycles. The monoisotopic (exact) mass is 253 g/mol. The molecule has 98 valence electrons. The van der Waals surface area contributed by atoms with Crippen LogP contribution in [0.25, 0.3) is 0 Å². The molecule has 0 spiro atoms. The summed E-state index contributed by atoms with van der Waals surface area (Å²) in [4.78, 5) is 34.7. The number of carbonyl (C=O) groups excluding carboxylic acids is 3. The predicted molar refractivity (Wildman–Crippen MR) is 60.2 cm³/mol. The Balaban J connectivity index is 2.28. The van der Waals surface area contributed by atoms with Gasteiger partial charge in [-0.05, 0) is 5.92 Å². The second-order valence-electron chi connectivity index (χ2n) is 4.55. The van der Waals surface area contributed by atoms with Crippen LogP contribution >= 0.6 is 0 Å². The Labute approximate surface area is 104 Å². The molecule has 0 saturated heterocycles. The van der Waals surface area contributed by atoms with Crippen molar-refractivity contribution in [2.24, 2.45) is 17.8 Å². The van der Waals surface area contributed by atoms with E-state index in [1.807, 2.05) is 0 Å². The molecule has 2 rings (SSSR count). The van der Waals surface area contributed by atoms with Crippen LogP contribution in [-0.2, 0) is 23.9 Å². The van der Waals surface area contributed by atoms with Gasteiger partial charge in [0.15, 0.2) is 5.54 Å². The average molecular weight is 253 g/mol. The lowest BCUT2D eigenvalue weighted by Gasteiger charge is -2.27. The highest BCUT2D eigenvalue weighted by molar-refractivity contribution is 5.93. The molecule has 6 nitrogen and oxygen atoms in total. The van der Waals surface area contributed by atoms with E-state index in [2.05, 4.69) is 10.1 Å². The van der Waals surface area contributed by atoms with Crippen LogP contribution in [0.4, 0.5) is 0 Å². The number of hydrogen-bond donors (Lipinski definition) is 1. The third kappa shape index (κ3) is 1.60. The second-order valence-corrected chi connectivity index (χ2v) is 4.55. The SMILES string of the molecule is COC(=O)[C@H]1[C@@H]2C=C[C@@](NC(C)=O)(C(=O)OC)[C@@H]21. The lowest BCUT2D eigenvalue weighted by molar-refractivity contribution is -0.150. The van der Waals surface area contributed by atoms with Crippen LogP contribution in [0.1, 0.15) is 6.92 Å². The van der Waals surface area contributed by atoms with Crippen LogP contribution in [0, 0.1) is 17.8 Å². The number of amides is 1. The van der Waals surface area contributed by atoms with E-state index in [1.165, 1.54) is 21.1 Å². The Bertz CT molecular complexity index is 444. The van der Waals surface area contributed by atoms with Gasteiger partial charge in [-0.1, -0.05) is 12.2 Å². The number of fused-ring (bicyclic) bond motifs is 1. The van der Waals surface area contributed by atoms with Gasteiger partial charge in [0.2, 0.25) is 5.91 Å². The Morgan fingerprint density at radius 2 is 1.89 bits per heavy atom. The predicted octanol–water partition coefficient (Wildman–Crippen LogP) is -0.361. The summed E-state index contributed by atoms with van der Waals surface area (Å²) in [5, 5.41) is 2.60. The molecule has 0 aromatic carbocycles. The van der Waals surface area contributed by atoms with Crippen molar-refractivity contribution in [1.82, 2.24) is 5.32 Å². The van der Waals surface area contributed by atoms with Gasteiger partial charge in [0.1, 0.15) is 0 Å². The maximum absolute atomic E-state index is 11.9. The standard InChI is InChI=1S/C12H15NO5/c1-6(14)13-12(11(16)18-3)5-4-7-8(9(7)12)10(15)17-2/h4-5,7-9H,1-3H3,(H,13,14)/t7-,8-,9-,12-/m0/s1. The molecule has 1 amide bonds. The number of carbonyl (C=O) groups is 3. The lowest BCUT2D eigenvalue weighted by Crippen LogP contribution is -2.55. The molecule has 1 saturated carbocycles. The van der Waals surface area contributed by atoms with Gasteiger partial charge < -0.3 is 14.8 Å². The van der Waals surface area contributed by atoms with E-state index in [1.54, 1.807) is 12.2 Å². The highest BCUT2D eigenvalue weighted by Crippen LogP contribution is 2.59. The molecule has 2 aliphatic rings. The van der Waals surface area contributed by atoms with E-state index in [9.17, 15) is 14.4 Å². The first-order valence-electron chi connectivity index (χ1n) is 5.62. The normalized spacial score (nSPS) is 35.6. The Morgan fingerprint density at radius 1 is 1.22 bits per heavy atom. The van der Waals surface area contributed by atoms with E-state index >= 15 is 0 Å². The number of rotatable bonds is 3. The van der Waals surface area contributed by atoms with Crippen LogP contribution in [0.2, 0.25) is 0 Å². The van der Waals surface area contributed by atoms with Crippen molar-refractivity contribution in [2.45, 2.75) is 12.5 Å². The quantitative estimate of drug-likeness (QED) is 0.548. The number of hydrogen-bond acceptors (Lipinski definition) is 5. The minimum absolute atomic E-state index is 0.0663. The van der Waals surface area contributed by atoms with Gasteiger partial charge in [-0.25, -0.2) is 4.79 Å². The van der Waals surface area contributed by atoms with Crippen LogP contribution in [0.3, 0.4) is 0 Å². The molecule has 0 aromatic rings. The van der Waals surface area contributed by atoms with Gasteiger partial charge in [-0.3, -0.25) is 9.59 Å². The van der Waals surface area contributed by atoms with Gasteiger partial charge in [-0.2, -0.15) is 0 Å². The van der Waals surface area contributed by atoms with Crippen LogP contribution in [0.5, 0.6) is 0 Å². The fraction of sp³-hybridized carbons (Fsp3) is 0.583. The first-order chi connectivity index (χ1) is 8.47. The summed E-state index contributed by atoms with van der Waals surface area (Å²) in [7, 11) is 2.56.